The van der Waals surface area contributed by atoms with Gasteiger partial charge in [-0.05, 0) is 42.0 Å². The third-order valence-corrected chi connectivity index (χ3v) is 4.92. The second-order valence-electron chi connectivity index (χ2n) is 5.51. The number of carboxylic acid groups (broad SMARTS) is 1. The topological polar surface area (TPSA) is 123 Å². The first-order chi connectivity index (χ1) is 12.3. The van der Waals surface area contributed by atoms with Gasteiger partial charge in [-0.15, -0.1) is 0 Å². The number of hydrogen-bond acceptors (Lipinski definition) is 5. The predicted molar refractivity (Wildman–Crippen MR) is 94.2 cm³/mol. The lowest BCUT2D eigenvalue weighted by Crippen LogP contribution is -2.15. The van der Waals surface area contributed by atoms with Crippen molar-refractivity contribution in [3.05, 3.63) is 70.9 Å². The first-order valence-electron chi connectivity index (χ1n) is 7.34. The molecule has 0 aliphatic heterocycles. The molecule has 2 aromatic carbocycles. The standard InChI is InChI=1S/C17H13ClN2O5S/c18-12-5-1-10(2-6-12)15-9-14(20-25-15)16(17(21)22)11-3-7-13(8-4-11)26(19,23)24/h1-9,16H,(H,21,22)(H2,19,23,24). The first-order valence-corrected chi connectivity index (χ1v) is 9.26. The predicted octanol–water partition coefficient (Wildman–Crippen LogP) is 2.86. The van der Waals surface area contributed by atoms with E-state index in [1.54, 1.807) is 24.3 Å². The number of nitrogens with zero attached hydrogens (tertiary/aromatic N) is 1. The van der Waals surface area contributed by atoms with Gasteiger partial charge < -0.3 is 9.63 Å². The minimum Gasteiger partial charge on any atom is -0.480 e. The van der Waals surface area contributed by atoms with Crippen LogP contribution in [0.1, 0.15) is 17.2 Å². The van der Waals surface area contributed by atoms with Gasteiger partial charge in [0.25, 0.3) is 0 Å². The van der Waals surface area contributed by atoms with Gasteiger partial charge in [0.1, 0.15) is 11.6 Å². The summed E-state index contributed by atoms with van der Waals surface area (Å²) in [5.41, 5.74) is 1.23. The molecule has 26 heavy (non-hydrogen) atoms. The molecule has 0 radical (unpaired) electrons. The number of sulfonamides is 1. The van der Waals surface area contributed by atoms with Crippen LogP contribution < -0.4 is 5.14 Å². The van der Waals surface area contributed by atoms with Crippen LogP contribution in [0, 0.1) is 0 Å². The number of benzene rings is 2. The van der Waals surface area contributed by atoms with E-state index in [9.17, 15) is 18.3 Å². The number of rotatable bonds is 5. The highest BCUT2D eigenvalue weighted by Gasteiger charge is 2.26. The average molecular weight is 393 g/mol. The fourth-order valence-corrected chi connectivity index (χ4v) is 3.11. The van der Waals surface area contributed by atoms with E-state index in [1.165, 1.54) is 30.3 Å². The maximum Gasteiger partial charge on any atom is 0.317 e. The van der Waals surface area contributed by atoms with Gasteiger partial charge in [0.2, 0.25) is 10.0 Å². The van der Waals surface area contributed by atoms with Crippen molar-refractivity contribution in [2.75, 3.05) is 0 Å². The molecule has 134 valence electrons. The van der Waals surface area contributed by atoms with Crippen LogP contribution in [0.2, 0.25) is 5.02 Å². The van der Waals surface area contributed by atoms with E-state index < -0.39 is 21.9 Å². The van der Waals surface area contributed by atoms with Crippen LogP contribution in [-0.2, 0) is 14.8 Å². The van der Waals surface area contributed by atoms with Crippen molar-refractivity contribution in [3.63, 3.8) is 0 Å². The van der Waals surface area contributed by atoms with E-state index in [4.69, 9.17) is 21.3 Å². The zero-order chi connectivity index (χ0) is 18.9. The summed E-state index contributed by atoms with van der Waals surface area (Å²) in [6, 6.07) is 13.6. The van der Waals surface area contributed by atoms with Crippen LogP contribution in [0.5, 0.6) is 0 Å². The summed E-state index contributed by atoms with van der Waals surface area (Å²) in [5, 5.41) is 19.0. The molecular weight excluding hydrogens is 380 g/mol. The van der Waals surface area contributed by atoms with Gasteiger partial charge in [-0.2, -0.15) is 0 Å². The smallest absolute Gasteiger partial charge is 0.317 e. The highest BCUT2D eigenvalue weighted by Crippen LogP contribution is 2.29. The van der Waals surface area contributed by atoms with E-state index in [0.717, 1.165) is 0 Å². The van der Waals surface area contributed by atoms with E-state index in [1.807, 2.05) is 0 Å². The van der Waals surface area contributed by atoms with E-state index >= 15 is 0 Å². The molecule has 0 aliphatic rings. The minimum absolute atomic E-state index is 0.104. The van der Waals surface area contributed by atoms with Gasteiger partial charge >= 0.3 is 5.97 Å². The van der Waals surface area contributed by atoms with Gasteiger partial charge in [-0.25, -0.2) is 13.6 Å². The average Bonchev–Trinajstić information content (AvgIpc) is 3.04. The fraction of sp³-hybridized carbons (Fsp3) is 0.0588. The number of carboxylic acids is 1. The van der Waals surface area contributed by atoms with E-state index in [0.29, 0.717) is 21.9 Å². The fourth-order valence-electron chi connectivity index (χ4n) is 2.46. The van der Waals surface area contributed by atoms with Crippen molar-refractivity contribution < 1.29 is 22.8 Å². The molecular formula is C17H13ClN2O5S. The van der Waals surface area contributed by atoms with Crippen LogP contribution >= 0.6 is 11.6 Å². The lowest BCUT2D eigenvalue weighted by Gasteiger charge is -2.10. The maximum absolute atomic E-state index is 11.7. The first kappa shape index (κ1) is 18.1. The quantitative estimate of drug-likeness (QED) is 0.688. The minimum atomic E-state index is -3.86. The zero-order valence-corrected chi connectivity index (χ0v) is 14.7. The molecule has 0 amide bonds. The Balaban J connectivity index is 1.96. The molecule has 0 spiro atoms. The Bertz CT molecular complexity index is 1040. The van der Waals surface area contributed by atoms with Gasteiger partial charge in [-0.3, -0.25) is 4.79 Å². The molecule has 1 atom stereocenters. The largest absolute Gasteiger partial charge is 0.480 e. The molecule has 3 aromatic rings. The molecule has 1 heterocycles. The second kappa shape index (κ2) is 6.91. The van der Waals surface area contributed by atoms with Gasteiger partial charge in [-0.1, -0.05) is 28.9 Å². The van der Waals surface area contributed by atoms with E-state index in [2.05, 4.69) is 5.16 Å². The monoisotopic (exact) mass is 392 g/mol. The number of primary sulfonamides is 1. The molecule has 1 aromatic heterocycles. The summed E-state index contributed by atoms with van der Waals surface area (Å²) in [4.78, 5) is 11.6. The highest BCUT2D eigenvalue weighted by atomic mass is 35.5. The SMILES string of the molecule is NS(=O)(=O)c1ccc(C(C(=O)O)c2cc(-c3ccc(Cl)cc3)on2)cc1. The molecule has 0 aliphatic carbocycles. The number of nitrogens with two attached hydrogens (primary N) is 1. The lowest BCUT2D eigenvalue weighted by molar-refractivity contribution is -0.137. The highest BCUT2D eigenvalue weighted by molar-refractivity contribution is 7.89. The Morgan fingerprint density at radius 1 is 1.12 bits per heavy atom. The Hall–Kier alpha value is -2.68. The normalized spacial score (nSPS) is 12.7. The van der Waals surface area contributed by atoms with Crippen molar-refractivity contribution >= 4 is 27.6 Å². The van der Waals surface area contributed by atoms with Crippen LogP contribution in [0.25, 0.3) is 11.3 Å². The number of carbonyl (C=O) groups is 1. The van der Waals surface area contributed by atoms with Crippen LogP contribution in [0.15, 0.2) is 64.0 Å². The summed E-state index contributed by atoms with van der Waals surface area (Å²) < 4.78 is 27.9. The Kier molecular flexibility index (Phi) is 4.82. The maximum atomic E-state index is 11.7. The summed E-state index contributed by atoms with van der Waals surface area (Å²) in [7, 11) is -3.86. The molecule has 0 fully saturated rings. The number of aromatic nitrogens is 1. The lowest BCUT2D eigenvalue weighted by atomic mass is 9.95. The molecule has 7 nitrogen and oxygen atoms in total. The van der Waals surface area contributed by atoms with Crippen molar-refractivity contribution in [1.29, 1.82) is 0 Å². The van der Waals surface area contributed by atoms with Crippen LogP contribution in [0.3, 0.4) is 0 Å². The van der Waals surface area contributed by atoms with Gasteiger partial charge in [0.15, 0.2) is 5.76 Å². The van der Waals surface area contributed by atoms with Crippen LogP contribution in [0.4, 0.5) is 0 Å². The number of hydrogen-bond donors (Lipinski definition) is 2. The molecule has 0 saturated carbocycles. The summed E-state index contributed by atoms with van der Waals surface area (Å²) in [5.74, 6) is -1.87. The van der Waals surface area contributed by atoms with Crippen molar-refractivity contribution in [2.45, 2.75) is 10.8 Å². The van der Waals surface area contributed by atoms with Crippen molar-refractivity contribution in [2.24, 2.45) is 5.14 Å². The number of aliphatic carboxylic acids is 1. The van der Waals surface area contributed by atoms with Gasteiger partial charge in [0.05, 0.1) is 4.90 Å². The summed E-state index contributed by atoms with van der Waals surface area (Å²) in [6.07, 6.45) is 0. The third kappa shape index (κ3) is 3.77. The Morgan fingerprint density at radius 3 is 2.27 bits per heavy atom. The second-order valence-corrected chi connectivity index (χ2v) is 7.51. The van der Waals surface area contributed by atoms with Crippen LogP contribution in [-0.4, -0.2) is 24.7 Å². The zero-order valence-electron chi connectivity index (χ0n) is 13.2. The molecule has 3 rings (SSSR count). The third-order valence-electron chi connectivity index (χ3n) is 3.74. The number of halogens is 1. The molecule has 0 saturated heterocycles. The van der Waals surface area contributed by atoms with Crippen molar-refractivity contribution in [3.8, 4) is 11.3 Å². The summed E-state index contributed by atoms with van der Waals surface area (Å²) >= 11 is 5.85. The van der Waals surface area contributed by atoms with Crippen molar-refractivity contribution in [1.82, 2.24) is 5.16 Å². The Labute approximate surface area is 154 Å². The summed E-state index contributed by atoms with van der Waals surface area (Å²) in [6.45, 7) is 0. The molecule has 3 N–H and O–H groups in total. The molecule has 9 heteroatoms. The molecule has 1 unspecified atom stereocenters. The van der Waals surface area contributed by atoms with E-state index in [-0.39, 0.29) is 10.6 Å². The van der Waals surface area contributed by atoms with Gasteiger partial charge in [0, 0.05) is 16.7 Å². The Morgan fingerprint density at radius 2 is 1.73 bits per heavy atom. The molecule has 0 bridgehead atoms.